The molecule has 0 saturated heterocycles. The molecule has 2 aromatic carbocycles. The summed E-state index contributed by atoms with van der Waals surface area (Å²) in [6, 6.07) is 18.4. The minimum atomic E-state index is -3.71. The van der Waals surface area contributed by atoms with Gasteiger partial charge in [0.25, 0.3) is 0 Å². The summed E-state index contributed by atoms with van der Waals surface area (Å²) in [5.74, 6) is 0. The van der Waals surface area contributed by atoms with Crippen LogP contribution < -0.4 is 0 Å². The van der Waals surface area contributed by atoms with Crippen LogP contribution in [0.2, 0.25) is 16.6 Å². The van der Waals surface area contributed by atoms with Gasteiger partial charge in [-0.2, -0.15) is 0 Å². The van der Waals surface area contributed by atoms with Crippen molar-refractivity contribution in [3.63, 3.8) is 0 Å². The van der Waals surface area contributed by atoms with Crippen LogP contribution in [0.5, 0.6) is 0 Å². The molecule has 0 unspecified atom stereocenters. The third-order valence-corrected chi connectivity index (χ3v) is 14.4. The standard InChI is InChI=1S/C27H40O3SSi/c1-8-15-26(30-32(21(2)3,22(4)5)23(6)7)27(20-24-16-11-9-12-17-24)31(28,29)25-18-13-10-14-19-25/h9-14,16-23,26H,8,15H2,1-7H3/b27-20+/t26-/m0/s1. The van der Waals surface area contributed by atoms with E-state index in [9.17, 15) is 8.42 Å². The molecule has 3 nitrogen and oxygen atoms in total. The number of hydrogen-bond acceptors (Lipinski definition) is 3. The molecule has 5 heteroatoms. The van der Waals surface area contributed by atoms with Crippen LogP contribution in [0, 0.1) is 0 Å². The average Bonchev–Trinajstić information content (AvgIpc) is 2.75. The van der Waals surface area contributed by atoms with E-state index in [1.54, 1.807) is 24.3 Å². The van der Waals surface area contributed by atoms with E-state index in [0.29, 0.717) is 32.8 Å². The predicted molar refractivity (Wildman–Crippen MR) is 139 cm³/mol. The Hall–Kier alpha value is -1.69. The van der Waals surface area contributed by atoms with Gasteiger partial charge in [0, 0.05) is 0 Å². The molecule has 0 N–H and O–H groups in total. The highest BCUT2D eigenvalue weighted by Crippen LogP contribution is 2.45. The molecule has 2 rings (SSSR count). The van der Waals surface area contributed by atoms with Crippen molar-refractivity contribution < 1.29 is 12.8 Å². The second-order valence-corrected chi connectivity index (χ2v) is 16.8. The van der Waals surface area contributed by atoms with Crippen LogP contribution >= 0.6 is 0 Å². The molecule has 0 aliphatic carbocycles. The Morgan fingerprint density at radius 2 is 1.31 bits per heavy atom. The Bertz CT molecular complexity index is 943. The first-order chi connectivity index (χ1) is 15.1. The Morgan fingerprint density at radius 1 is 0.844 bits per heavy atom. The van der Waals surface area contributed by atoms with Crippen molar-refractivity contribution in [1.82, 2.24) is 0 Å². The van der Waals surface area contributed by atoms with Gasteiger partial charge in [-0.15, -0.1) is 0 Å². The average molecular weight is 473 g/mol. The van der Waals surface area contributed by atoms with Crippen LogP contribution in [-0.4, -0.2) is 22.8 Å². The summed E-state index contributed by atoms with van der Waals surface area (Å²) in [5, 5.41) is 0. The van der Waals surface area contributed by atoms with Crippen molar-refractivity contribution >= 4 is 24.2 Å². The van der Waals surface area contributed by atoms with Gasteiger partial charge in [-0.1, -0.05) is 103 Å². The zero-order valence-electron chi connectivity index (χ0n) is 20.7. The van der Waals surface area contributed by atoms with E-state index in [4.69, 9.17) is 4.43 Å². The lowest BCUT2D eigenvalue weighted by molar-refractivity contribution is 0.202. The molecule has 0 aromatic heterocycles. The van der Waals surface area contributed by atoms with Crippen LogP contribution in [0.4, 0.5) is 0 Å². The van der Waals surface area contributed by atoms with Gasteiger partial charge in [-0.05, 0) is 46.8 Å². The highest BCUT2D eigenvalue weighted by atomic mass is 32.2. The number of rotatable bonds is 11. The molecule has 0 heterocycles. The van der Waals surface area contributed by atoms with Gasteiger partial charge in [0.1, 0.15) is 0 Å². The molecule has 0 bridgehead atoms. The summed E-state index contributed by atoms with van der Waals surface area (Å²) in [6.45, 7) is 15.5. The Balaban J connectivity index is 2.72. The SMILES string of the molecule is CCC[C@H](O[Si](C(C)C)(C(C)C)C(C)C)/C(=C\c1ccccc1)S(=O)(=O)c1ccccc1. The van der Waals surface area contributed by atoms with Crippen LogP contribution in [0.25, 0.3) is 6.08 Å². The molecule has 1 atom stereocenters. The summed E-state index contributed by atoms with van der Waals surface area (Å²) >= 11 is 0. The minimum Gasteiger partial charge on any atom is -0.408 e. The number of benzene rings is 2. The molecule has 0 amide bonds. The van der Waals surface area contributed by atoms with E-state index in [1.807, 2.05) is 42.5 Å². The lowest BCUT2D eigenvalue weighted by Crippen LogP contribution is -2.50. The summed E-state index contributed by atoms with van der Waals surface area (Å²) in [5.41, 5.74) is 2.00. The van der Waals surface area contributed by atoms with Gasteiger partial charge in [0.2, 0.25) is 18.2 Å². The van der Waals surface area contributed by atoms with Crippen molar-refractivity contribution in [3.05, 3.63) is 71.1 Å². The van der Waals surface area contributed by atoms with Gasteiger partial charge < -0.3 is 4.43 Å². The fourth-order valence-electron chi connectivity index (χ4n) is 4.97. The van der Waals surface area contributed by atoms with E-state index in [-0.39, 0.29) is 0 Å². The predicted octanol–water partition coefficient (Wildman–Crippen LogP) is 7.86. The van der Waals surface area contributed by atoms with Gasteiger partial charge in [0.15, 0.2) is 0 Å². The second kappa shape index (κ2) is 11.4. The third kappa shape index (κ3) is 5.80. The topological polar surface area (TPSA) is 43.4 Å². The van der Waals surface area contributed by atoms with E-state index in [1.165, 1.54) is 0 Å². The molecule has 0 radical (unpaired) electrons. The third-order valence-electron chi connectivity index (χ3n) is 6.39. The van der Waals surface area contributed by atoms with Crippen molar-refractivity contribution in [2.45, 2.75) is 88.9 Å². The van der Waals surface area contributed by atoms with Crippen molar-refractivity contribution in [2.75, 3.05) is 0 Å². The molecule has 2 aromatic rings. The van der Waals surface area contributed by atoms with Crippen molar-refractivity contribution in [3.8, 4) is 0 Å². The molecule has 0 saturated carbocycles. The fourth-order valence-corrected chi connectivity index (χ4v) is 12.2. The van der Waals surface area contributed by atoms with E-state index >= 15 is 0 Å². The lowest BCUT2D eigenvalue weighted by Gasteiger charge is -2.45. The normalized spacial score (nSPS) is 14.4. The summed E-state index contributed by atoms with van der Waals surface area (Å²) in [7, 11) is -6.00. The van der Waals surface area contributed by atoms with Crippen LogP contribution in [0.15, 0.2) is 70.5 Å². The van der Waals surface area contributed by atoms with Crippen molar-refractivity contribution in [2.24, 2.45) is 0 Å². The molecule has 32 heavy (non-hydrogen) atoms. The van der Waals surface area contributed by atoms with Gasteiger partial charge in [-0.3, -0.25) is 0 Å². The summed E-state index contributed by atoms with van der Waals surface area (Å²) in [4.78, 5) is 0.688. The summed E-state index contributed by atoms with van der Waals surface area (Å²) < 4.78 is 34.9. The van der Waals surface area contributed by atoms with Crippen LogP contribution in [-0.2, 0) is 14.3 Å². The lowest BCUT2D eigenvalue weighted by atomic mass is 10.1. The van der Waals surface area contributed by atoms with Crippen molar-refractivity contribution in [1.29, 1.82) is 0 Å². The molecular weight excluding hydrogens is 432 g/mol. The molecular formula is C27H40O3SSi. The zero-order valence-corrected chi connectivity index (χ0v) is 22.5. The Labute approximate surface area is 197 Å². The molecule has 176 valence electrons. The van der Waals surface area contributed by atoms with Gasteiger partial charge >= 0.3 is 0 Å². The first-order valence-electron chi connectivity index (χ1n) is 11.8. The van der Waals surface area contributed by atoms with Gasteiger partial charge in [0.05, 0.1) is 15.9 Å². The monoisotopic (exact) mass is 472 g/mol. The zero-order chi connectivity index (χ0) is 23.9. The highest BCUT2D eigenvalue weighted by Gasteiger charge is 2.48. The molecule has 0 aliphatic heterocycles. The largest absolute Gasteiger partial charge is 0.408 e. The molecule has 0 aliphatic rings. The van der Waals surface area contributed by atoms with E-state index < -0.39 is 24.3 Å². The first kappa shape index (κ1) is 26.6. The van der Waals surface area contributed by atoms with Crippen LogP contribution in [0.1, 0.15) is 66.9 Å². The maximum absolute atomic E-state index is 13.9. The molecule has 0 fully saturated rings. The minimum absolute atomic E-state index is 0.317. The van der Waals surface area contributed by atoms with E-state index in [0.717, 1.165) is 12.0 Å². The maximum atomic E-state index is 13.9. The second-order valence-electron chi connectivity index (χ2n) is 9.49. The number of hydrogen-bond donors (Lipinski definition) is 0. The highest BCUT2D eigenvalue weighted by molar-refractivity contribution is 7.95. The smallest absolute Gasteiger partial charge is 0.205 e. The fraction of sp³-hybridized carbons (Fsp3) is 0.481. The quantitative estimate of drug-likeness (QED) is 0.313. The maximum Gasteiger partial charge on any atom is 0.205 e. The van der Waals surface area contributed by atoms with E-state index in [2.05, 4.69) is 48.5 Å². The summed E-state index contributed by atoms with van der Waals surface area (Å²) in [6.07, 6.45) is 2.87. The Kier molecular flexibility index (Phi) is 9.49. The molecule has 0 spiro atoms. The first-order valence-corrected chi connectivity index (χ1v) is 15.4. The Morgan fingerprint density at radius 3 is 1.75 bits per heavy atom. The number of sulfone groups is 1. The van der Waals surface area contributed by atoms with Gasteiger partial charge in [-0.25, -0.2) is 8.42 Å². The van der Waals surface area contributed by atoms with Crippen LogP contribution in [0.3, 0.4) is 0 Å².